The predicted molar refractivity (Wildman–Crippen MR) is 84.8 cm³/mol. The number of hydrogen-bond donors (Lipinski definition) is 1. The van der Waals surface area contributed by atoms with Crippen molar-refractivity contribution in [1.82, 2.24) is 4.90 Å². The molecule has 0 fully saturated rings. The molecule has 1 rings (SSSR count). The average molecular weight is 311 g/mol. The van der Waals surface area contributed by atoms with Gasteiger partial charge in [-0.15, -0.1) is 0 Å². The van der Waals surface area contributed by atoms with Crippen LogP contribution in [-0.4, -0.2) is 22.8 Å². The molecule has 0 bridgehead atoms. The van der Waals surface area contributed by atoms with Crippen LogP contribution in [0.1, 0.15) is 45.1 Å². The quantitative estimate of drug-likeness (QED) is 0.801. The minimum atomic E-state index is -0.368. The summed E-state index contributed by atoms with van der Waals surface area (Å²) < 4.78 is 0. The largest absolute Gasteiger partial charge is 0.370 e. The van der Waals surface area contributed by atoms with Crippen molar-refractivity contribution in [2.24, 2.45) is 5.73 Å². The lowest BCUT2D eigenvalue weighted by Gasteiger charge is -2.29. The highest BCUT2D eigenvalue weighted by atomic mass is 35.5. The molecule has 0 aliphatic rings. The number of hydrogen-bond acceptors (Lipinski definition) is 2. The topological polar surface area (TPSA) is 63.4 Å². The Hall–Kier alpha value is -1.55. The van der Waals surface area contributed by atoms with Crippen LogP contribution in [0.3, 0.4) is 0 Å². The summed E-state index contributed by atoms with van der Waals surface area (Å²) in [6, 6.07) is 7.66. The van der Waals surface area contributed by atoms with Crippen molar-refractivity contribution in [3.63, 3.8) is 0 Å². The summed E-state index contributed by atoms with van der Waals surface area (Å²) >= 11 is 5.98. The highest BCUT2D eigenvalue weighted by molar-refractivity contribution is 6.30. The molecule has 0 saturated heterocycles. The third-order valence-corrected chi connectivity index (χ3v) is 3.73. The van der Waals surface area contributed by atoms with Gasteiger partial charge in [-0.1, -0.05) is 30.7 Å². The van der Waals surface area contributed by atoms with Gasteiger partial charge in [-0.2, -0.15) is 0 Å². The van der Waals surface area contributed by atoms with E-state index in [1.807, 2.05) is 43.0 Å². The SMILES string of the molecule is CC[C@@H](C)N(Cc1cccc(Cl)c1)C(=O)CCCC(N)=O. The van der Waals surface area contributed by atoms with Gasteiger partial charge >= 0.3 is 0 Å². The maximum absolute atomic E-state index is 12.4. The first kappa shape index (κ1) is 17.5. The minimum Gasteiger partial charge on any atom is -0.370 e. The molecule has 0 spiro atoms. The van der Waals surface area contributed by atoms with Gasteiger partial charge in [-0.3, -0.25) is 9.59 Å². The molecule has 1 atom stereocenters. The van der Waals surface area contributed by atoms with E-state index in [0.29, 0.717) is 24.4 Å². The molecule has 116 valence electrons. The van der Waals surface area contributed by atoms with E-state index in [0.717, 1.165) is 12.0 Å². The molecule has 1 aromatic carbocycles. The van der Waals surface area contributed by atoms with Crippen molar-refractivity contribution >= 4 is 23.4 Å². The number of carbonyl (C=O) groups excluding carboxylic acids is 2. The zero-order valence-electron chi connectivity index (χ0n) is 12.6. The van der Waals surface area contributed by atoms with Crippen molar-refractivity contribution in [2.75, 3.05) is 0 Å². The maximum Gasteiger partial charge on any atom is 0.223 e. The third-order valence-electron chi connectivity index (χ3n) is 3.50. The first-order valence-electron chi connectivity index (χ1n) is 7.26. The van der Waals surface area contributed by atoms with E-state index in [9.17, 15) is 9.59 Å². The normalized spacial score (nSPS) is 12.0. The zero-order valence-corrected chi connectivity index (χ0v) is 13.4. The number of nitrogens with two attached hydrogens (primary N) is 1. The summed E-state index contributed by atoms with van der Waals surface area (Å²) in [5.41, 5.74) is 6.11. The molecule has 0 heterocycles. The van der Waals surface area contributed by atoms with E-state index in [-0.39, 0.29) is 24.3 Å². The van der Waals surface area contributed by atoms with E-state index in [4.69, 9.17) is 17.3 Å². The second kappa shape index (κ2) is 8.67. The van der Waals surface area contributed by atoms with E-state index in [1.165, 1.54) is 0 Å². The van der Waals surface area contributed by atoms with E-state index >= 15 is 0 Å². The molecule has 1 aromatic rings. The Balaban J connectivity index is 2.71. The molecular weight excluding hydrogens is 288 g/mol. The Morgan fingerprint density at radius 2 is 2.05 bits per heavy atom. The zero-order chi connectivity index (χ0) is 15.8. The molecule has 0 saturated carbocycles. The molecule has 0 aliphatic carbocycles. The fourth-order valence-electron chi connectivity index (χ4n) is 2.10. The van der Waals surface area contributed by atoms with Crippen molar-refractivity contribution in [2.45, 2.75) is 52.1 Å². The van der Waals surface area contributed by atoms with Crippen LogP contribution in [0.4, 0.5) is 0 Å². The molecule has 0 unspecified atom stereocenters. The lowest BCUT2D eigenvalue weighted by Crippen LogP contribution is -2.37. The first-order chi connectivity index (χ1) is 9.93. The Labute approximate surface area is 131 Å². The predicted octanol–water partition coefficient (Wildman–Crippen LogP) is 3.12. The van der Waals surface area contributed by atoms with Gasteiger partial charge in [-0.05, 0) is 37.5 Å². The number of halogens is 1. The number of amides is 2. The van der Waals surface area contributed by atoms with Gasteiger partial charge in [0, 0.05) is 30.5 Å². The number of nitrogens with zero attached hydrogens (tertiary/aromatic N) is 1. The maximum atomic E-state index is 12.4. The number of benzene rings is 1. The van der Waals surface area contributed by atoms with Gasteiger partial charge in [-0.25, -0.2) is 0 Å². The Morgan fingerprint density at radius 1 is 1.33 bits per heavy atom. The molecule has 0 aliphatic heterocycles. The van der Waals surface area contributed by atoms with Crippen LogP contribution in [-0.2, 0) is 16.1 Å². The van der Waals surface area contributed by atoms with Crippen LogP contribution in [0.2, 0.25) is 5.02 Å². The molecular formula is C16H23ClN2O2. The van der Waals surface area contributed by atoms with Crippen molar-refractivity contribution < 1.29 is 9.59 Å². The summed E-state index contributed by atoms with van der Waals surface area (Å²) in [4.78, 5) is 24.9. The van der Waals surface area contributed by atoms with Crippen molar-refractivity contribution in [1.29, 1.82) is 0 Å². The second-order valence-electron chi connectivity index (χ2n) is 5.23. The van der Waals surface area contributed by atoms with Crippen molar-refractivity contribution in [3.05, 3.63) is 34.9 Å². The van der Waals surface area contributed by atoms with Crippen LogP contribution in [0.15, 0.2) is 24.3 Å². The van der Waals surface area contributed by atoms with E-state index in [2.05, 4.69) is 0 Å². The van der Waals surface area contributed by atoms with Crippen LogP contribution >= 0.6 is 11.6 Å². The molecule has 2 N–H and O–H groups in total. The molecule has 2 amide bonds. The molecule has 5 heteroatoms. The number of rotatable bonds is 8. The Kier molecular flexibility index (Phi) is 7.23. The Bertz CT molecular complexity index is 491. The number of primary amides is 1. The molecule has 21 heavy (non-hydrogen) atoms. The van der Waals surface area contributed by atoms with Crippen LogP contribution < -0.4 is 5.73 Å². The minimum absolute atomic E-state index is 0.0468. The monoisotopic (exact) mass is 310 g/mol. The van der Waals surface area contributed by atoms with Crippen LogP contribution in [0, 0.1) is 0 Å². The lowest BCUT2D eigenvalue weighted by molar-refractivity contribution is -0.134. The highest BCUT2D eigenvalue weighted by Crippen LogP contribution is 2.16. The van der Waals surface area contributed by atoms with Gasteiger partial charge < -0.3 is 10.6 Å². The van der Waals surface area contributed by atoms with Gasteiger partial charge in [0.15, 0.2) is 0 Å². The third kappa shape index (κ3) is 6.17. The molecule has 0 aromatic heterocycles. The van der Waals surface area contributed by atoms with Crippen LogP contribution in [0.25, 0.3) is 0 Å². The van der Waals surface area contributed by atoms with Crippen LogP contribution in [0.5, 0.6) is 0 Å². The summed E-state index contributed by atoms with van der Waals surface area (Å²) in [6.45, 7) is 4.60. The first-order valence-corrected chi connectivity index (χ1v) is 7.64. The fourth-order valence-corrected chi connectivity index (χ4v) is 2.31. The molecule has 4 nitrogen and oxygen atoms in total. The van der Waals surface area contributed by atoms with Gasteiger partial charge in [0.1, 0.15) is 0 Å². The van der Waals surface area contributed by atoms with Gasteiger partial charge in [0.05, 0.1) is 0 Å². The molecule has 0 radical (unpaired) electrons. The Morgan fingerprint density at radius 3 is 2.62 bits per heavy atom. The second-order valence-corrected chi connectivity index (χ2v) is 5.67. The fraction of sp³-hybridized carbons (Fsp3) is 0.500. The van der Waals surface area contributed by atoms with E-state index < -0.39 is 0 Å². The average Bonchev–Trinajstić information content (AvgIpc) is 2.43. The lowest BCUT2D eigenvalue weighted by atomic mass is 10.1. The smallest absolute Gasteiger partial charge is 0.223 e. The van der Waals surface area contributed by atoms with E-state index in [1.54, 1.807) is 0 Å². The summed E-state index contributed by atoms with van der Waals surface area (Å²) in [7, 11) is 0. The highest BCUT2D eigenvalue weighted by Gasteiger charge is 2.19. The standard InChI is InChI=1S/C16H23ClN2O2/c1-3-12(2)19(16(21)9-5-8-15(18)20)11-13-6-4-7-14(17)10-13/h4,6-7,10,12H,3,5,8-9,11H2,1-2H3,(H2,18,20)/t12-/m1/s1. The van der Waals surface area contributed by atoms with Crippen molar-refractivity contribution in [3.8, 4) is 0 Å². The summed E-state index contributed by atoms with van der Waals surface area (Å²) in [5.74, 6) is -0.321. The number of carbonyl (C=O) groups is 2. The summed E-state index contributed by atoms with van der Waals surface area (Å²) in [5, 5.41) is 0.665. The van der Waals surface area contributed by atoms with Gasteiger partial charge in [0.25, 0.3) is 0 Å². The van der Waals surface area contributed by atoms with Gasteiger partial charge in [0.2, 0.25) is 11.8 Å². The summed E-state index contributed by atoms with van der Waals surface area (Å²) in [6.07, 6.45) is 1.96.